The third-order valence-corrected chi connectivity index (χ3v) is 8.10. The van der Waals surface area contributed by atoms with Crippen LogP contribution in [0.3, 0.4) is 0 Å². The summed E-state index contributed by atoms with van der Waals surface area (Å²) in [5, 5.41) is 4.20. The first kappa shape index (κ1) is 16.7. The Morgan fingerprint density at radius 1 is 1.00 bits per heavy atom. The Hall–Kier alpha value is -2.27. The lowest BCUT2D eigenvalue weighted by molar-refractivity contribution is -0.140. The van der Waals surface area contributed by atoms with Crippen molar-refractivity contribution in [3.05, 3.63) is 42.6 Å². The summed E-state index contributed by atoms with van der Waals surface area (Å²) < 4.78 is 0. The SMILES string of the molecule is O=C(Nc1ccc(-c2nc3cccnc3s2)cc1)C12CC3CC(CC(C3)C1)C2. The van der Waals surface area contributed by atoms with E-state index in [0.29, 0.717) is 0 Å². The van der Waals surface area contributed by atoms with Gasteiger partial charge >= 0.3 is 0 Å². The van der Waals surface area contributed by atoms with E-state index in [1.807, 2.05) is 36.4 Å². The minimum absolute atomic E-state index is 0.105. The van der Waals surface area contributed by atoms with Gasteiger partial charge in [0.05, 0.1) is 5.41 Å². The molecule has 1 N–H and O–H groups in total. The molecule has 142 valence electrons. The van der Waals surface area contributed by atoms with Crippen LogP contribution in [-0.4, -0.2) is 15.9 Å². The van der Waals surface area contributed by atoms with Crippen LogP contribution in [0.5, 0.6) is 0 Å². The summed E-state index contributed by atoms with van der Waals surface area (Å²) in [6.07, 6.45) is 9.17. The summed E-state index contributed by atoms with van der Waals surface area (Å²) in [7, 11) is 0. The monoisotopic (exact) mass is 389 g/mol. The highest BCUT2D eigenvalue weighted by Crippen LogP contribution is 2.60. The van der Waals surface area contributed by atoms with Crippen LogP contribution < -0.4 is 5.32 Å². The maximum Gasteiger partial charge on any atom is 0.230 e. The maximum absolute atomic E-state index is 13.2. The molecule has 3 aromatic rings. The number of carbonyl (C=O) groups is 1. The van der Waals surface area contributed by atoms with E-state index >= 15 is 0 Å². The van der Waals surface area contributed by atoms with E-state index in [2.05, 4.69) is 15.3 Å². The first-order chi connectivity index (χ1) is 13.7. The van der Waals surface area contributed by atoms with Crippen LogP contribution in [0.1, 0.15) is 38.5 Å². The average molecular weight is 390 g/mol. The maximum atomic E-state index is 13.2. The van der Waals surface area contributed by atoms with Crippen molar-refractivity contribution in [1.29, 1.82) is 0 Å². The molecule has 4 fully saturated rings. The summed E-state index contributed by atoms with van der Waals surface area (Å²) in [5.41, 5.74) is 2.78. The fourth-order valence-electron chi connectivity index (χ4n) is 6.24. The largest absolute Gasteiger partial charge is 0.326 e. The highest BCUT2D eigenvalue weighted by molar-refractivity contribution is 7.21. The van der Waals surface area contributed by atoms with Crippen LogP contribution in [0.2, 0.25) is 0 Å². The molecular formula is C23H23N3OS. The van der Waals surface area contributed by atoms with Gasteiger partial charge in [-0.15, -0.1) is 0 Å². The zero-order valence-corrected chi connectivity index (χ0v) is 16.5. The average Bonchev–Trinajstić information content (AvgIpc) is 3.12. The number of rotatable bonds is 3. The van der Waals surface area contributed by atoms with Gasteiger partial charge in [-0.1, -0.05) is 11.3 Å². The zero-order valence-electron chi connectivity index (χ0n) is 15.7. The van der Waals surface area contributed by atoms with Gasteiger partial charge in [-0.3, -0.25) is 4.79 Å². The molecule has 5 heteroatoms. The molecule has 28 heavy (non-hydrogen) atoms. The van der Waals surface area contributed by atoms with E-state index < -0.39 is 0 Å². The van der Waals surface area contributed by atoms with Gasteiger partial charge < -0.3 is 5.32 Å². The second-order valence-electron chi connectivity index (χ2n) is 9.08. The predicted molar refractivity (Wildman–Crippen MR) is 112 cm³/mol. The standard InChI is InChI=1S/C23H23N3OS/c27-22(23-11-14-8-15(12-23)10-16(9-14)13-23)25-18-5-3-17(4-6-18)20-26-19-2-1-7-24-21(19)28-20/h1-7,14-16H,8-13H2,(H,25,27). The van der Waals surface area contributed by atoms with Crippen LogP contribution in [0.15, 0.2) is 42.6 Å². The summed E-state index contributed by atoms with van der Waals surface area (Å²) in [5.74, 6) is 2.61. The van der Waals surface area contributed by atoms with Gasteiger partial charge in [0, 0.05) is 17.4 Å². The van der Waals surface area contributed by atoms with Crippen molar-refractivity contribution in [2.24, 2.45) is 23.2 Å². The number of thiazole rings is 1. The number of anilines is 1. The van der Waals surface area contributed by atoms with Crippen molar-refractivity contribution in [1.82, 2.24) is 9.97 Å². The topological polar surface area (TPSA) is 54.9 Å². The third-order valence-electron chi connectivity index (χ3n) is 7.08. The first-order valence-corrected chi connectivity index (χ1v) is 11.1. The molecule has 1 amide bonds. The molecule has 4 bridgehead atoms. The van der Waals surface area contributed by atoms with Gasteiger partial charge in [-0.25, -0.2) is 9.97 Å². The molecule has 4 nitrogen and oxygen atoms in total. The molecule has 4 aliphatic carbocycles. The fourth-order valence-corrected chi connectivity index (χ4v) is 7.15. The molecule has 0 radical (unpaired) electrons. The predicted octanol–water partition coefficient (Wildman–Crippen LogP) is 5.51. The van der Waals surface area contributed by atoms with Crippen molar-refractivity contribution in [3.8, 4) is 10.6 Å². The number of amides is 1. The van der Waals surface area contributed by atoms with E-state index in [9.17, 15) is 4.79 Å². The van der Waals surface area contributed by atoms with Gasteiger partial charge in [-0.2, -0.15) is 0 Å². The number of benzene rings is 1. The minimum Gasteiger partial charge on any atom is -0.326 e. The summed E-state index contributed by atoms with van der Waals surface area (Å²) in [4.78, 5) is 23.2. The zero-order chi connectivity index (χ0) is 18.7. The lowest BCUT2D eigenvalue weighted by Gasteiger charge is -2.55. The number of hydrogen-bond acceptors (Lipinski definition) is 4. The molecule has 0 aliphatic heterocycles. The second kappa shape index (κ2) is 6.11. The Bertz CT molecular complexity index is 987. The van der Waals surface area contributed by atoms with Crippen LogP contribution in [0.25, 0.3) is 20.9 Å². The quantitative estimate of drug-likeness (QED) is 0.642. The van der Waals surface area contributed by atoms with E-state index in [1.165, 1.54) is 19.3 Å². The number of carbonyl (C=O) groups excluding carboxylic acids is 1. The molecule has 0 atom stereocenters. The Balaban J connectivity index is 1.21. The highest BCUT2D eigenvalue weighted by atomic mass is 32.1. The van der Waals surface area contributed by atoms with E-state index in [-0.39, 0.29) is 11.3 Å². The van der Waals surface area contributed by atoms with E-state index in [1.54, 1.807) is 17.5 Å². The number of fused-ring (bicyclic) bond motifs is 1. The highest BCUT2D eigenvalue weighted by Gasteiger charge is 2.54. The molecule has 0 saturated heterocycles. The summed E-state index contributed by atoms with van der Waals surface area (Å²) in [6.45, 7) is 0. The molecule has 1 aromatic carbocycles. The van der Waals surface area contributed by atoms with Crippen molar-refractivity contribution >= 4 is 33.3 Å². The number of aromatic nitrogens is 2. The number of pyridine rings is 1. The van der Waals surface area contributed by atoms with E-state index in [0.717, 1.165) is 63.6 Å². The number of hydrogen-bond donors (Lipinski definition) is 1. The van der Waals surface area contributed by atoms with Crippen LogP contribution in [-0.2, 0) is 4.79 Å². The first-order valence-electron chi connectivity index (χ1n) is 10.3. The third kappa shape index (κ3) is 2.67. The van der Waals surface area contributed by atoms with Crippen LogP contribution >= 0.6 is 11.3 Å². The molecule has 2 heterocycles. The van der Waals surface area contributed by atoms with Gasteiger partial charge in [0.25, 0.3) is 0 Å². The molecule has 4 saturated carbocycles. The van der Waals surface area contributed by atoms with Gasteiger partial charge in [-0.05, 0) is 92.7 Å². The normalized spacial score (nSPS) is 30.6. The molecule has 4 aliphatic rings. The Morgan fingerprint density at radius 2 is 1.68 bits per heavy atom. The van der Waals surface area contributed by atoms with E-state index in [4.69, 9.17) is 0 Å². The van der Waals surface area contributed by atoms with Gasteiger partial charge in [0.15, 0.2) is 0 Å². The summed E-state index contributed by atoms with van der Waals surface area (Å²) in [6, 6.07) is 12.0. The van der Waals surface area contributed by atoms with Gasteiger partial charge in [0.1, 0.15) is 15.4 Å². The summed E-state index contributed by atoms with van der Waals surface area (Å²) >= 11 is 1.60. The van der Waals surface area contributed by atoms with Crippen molar-refractivity contribution in [2.75, 3.05) is 5.32 Å². The van der Waals surface area contributed by atoms with Crippen molar-refractivity contribution in [2.45, 2.75) is 38.5 Å². The van der Waals surface area contributed by atoms with Crippen LogP contribution in [0.4, 0.5) is 5.69 Å². The smallest absolute Gasteiger partial charge is 0.230 e. The molecule has 0 spiro atoms. The van der Waals surface area contributed by atoms with Gasteiger partial charge in [0.2, 0.25) is 5.91 Å². The number of nitrogens with one attached hydrogen (secondary N) is 1. The molecule has 0 unspecified atom stereocenters. The number of nitrogens with zero attached hydrogens (tertiary/aromatic N) is 2. The Kier molecular flexibility index (Phi) is 3.64. The lowest BCUT2D eigenvalue weighted by Crippen LogP contribution is -2.51. The Labute approximate surface area is 168 Å². The molecule has 2 aromatic heterocycles. The fraction of sp³-hybridized carbons (Fsp3) is 0.435. The van der Waals surface area contributed by atoms with Crippen molar-refractivity contribution < 1.29 is 4.79 Å². The minimum atomic E-state index is -0.105. The Morgan fingerprint density at radius 3 is 2.32 bits per heavy atom. The molecular weight excluding hydrogens is 366 g/mol. The lowest BCUT2D eigenvalue weighted by atomic mass is 9.49. The second-order valence-corrected chi connectivity index (χ2v) is 10.1. The molecule has 7 rings (SSSR count). The van der Waals surface area contributed by atoms with Crippen molar-refractivity contribution in [3.63, 3.8) is 0 Å². The van der Waals surface area contributed by atoms with Crippen LogP contribution in [0, 0.1) is 23.2 Å².